The summed E-state index contributed by atoms with van der Waals surface area (Å²) < 4.78 is 43.0. The lowest BCUT2D eigenvalue weighted by Gasteiger charge is -2.39. The van der Waals surface area contributed by atoms with Gasteiger partial charge in [-0.25, -0.2) is 0 Å². The summed E-state index contributed by atoms with van der Waals surface area (Å²) in [6, 6.07) is 0. The van der Waals surface area contributed by atoms with Crippen molar-refractivity contribution >= 4 is 0 Å². The lowest BCUT2D eigenvalue weighted by molar-refractivity contribution is -0.272. The van der Waals surface area contributed by atoms with Crippen molar-refractivity contribution in [1.29, 1.82) is 0 Å². The van der Waals surface area contributed by atoms with E-state index in [2.05, 4.69) is 5.16 Å². The van der Waals surface area contributed by atoms with Crippen molar-refractivity contribution in [3.63, 3.8) is 0 Å². The van der Waals surface area contributed by atoms with Crippen molar-refractivity contribution in [2.24, 2.45) is 0 Å². The molecule has 0 atom stereocenters. The molecule has 1 aliphatic heterocycles. The maximum absolute atomic E-state index is 12.7. The van der Waals surface area contributed by atoms with Gasteiger partial charge < -0.3 is 9.63 Å². The van der Waals surface area contributed by atoms with Crippen molar-refractivity contribution in [2.75, 3.05) is 13.1 Å². The summed E-state index contributed by atoms with van der Waals surface area (Å²) in [5, 5.41) is 13.4. The molecule has 1 fully saturated rings. The van der Waals surface area contributed by atoms with Crippen molar-refractivity contribution in [1.82, 2.24) is 10.1 Å². The number of alkyl halides is 3. The molecule has 1 saturated heterocycles. The third-order valence-electron chi connectivity index (χ3n) is 3.77. The van der Waals surface area contributed by atoms with Gasteiger partial charge in [-0.15, -0.1) is 0 Å². The van der Waals surface area contributed by atoms with Crippen molar-refractivity contribution in [3.8, 4) is 0 Å². The maximum Gasteiger partial charge on any atom is 0.417 e. The second-order valence-electron chi connectivity index (χ2n) is 5.11. The predicted octanol–water partition coefficient (Wildman–Crippen LogP) is 2.18. The Bertz CT molecular complexity index is 429. The molecule has 19 heavy (non-hydrogen) atoms. The highest BCUT2D eigenvalue weighted by Crippen LogP contribution is 2.38. The topological polar surface area (TPSA) is 49.5 Å². The first kappa shape index (κ1) is 14.3. The third-order valence-corrected chi connectivity index (χ3v) is 3.77. The second kappa shape index (κ2) is 4.79. The number of aromatic nitrogens is 1. The molecule has 1 aromatic rings. The van der Waals surface area contributed by atoms with Crippen LogP contribution in [0, 0.1) is 13.8 Å². The molecule has 0 spiro atoms. The van der Waals surface area contributed by atoms with Gasteiger partial charge in [-0.3, -0.25) is 4.90 Å². The van der Waals surface area contributed by atoms with Crippen LogP contribution >= 0.6 is 0 Å². The number of piperidine rings is 1. The highest BCUT2D eigenvalue weighted by atomic mass is 19.4. The lowest BCUT2D eigenvalue weighted by atomic mass is 9.90. The minimum Gasteiger partial charge on any atom is -0.380 e. The smallest absolute Gasteiger partial charge is 0.380 e. The molecule has 1 aromatic heterocycles. The predicted molar refractivity (Wildman–Crippen MR) is 61.5 cm³/mol. The van der Waals surface area contributed by atoms with Crippen LogP contribution in [0.25, 0.3) is 0 Å². The van der Waals surface area contributed by atoms with Crippen LogP contribution in [0.3, 0.4) is 0 Å². The van der Waals surface area contributed by atoms with Gasteiger partial charge in [0.2, 0.25) is 0 Å². The van der Waals surface area contributed by atoms with Crippen molar-refractivity contribution in [2.45, 2.75) is 45.0 Å². The largest absolute Gasteiger partial charge is 0.417 e. The van der Waals surface area contributed by atoms with Gasteiger partial charge in [0.05, 0.1) is 5.69 Å². The summed E-state index contributed by atoms with van der Waals surface area (Å²) in [5.74, 6) is 0.689. The van der Waals surface area contributed by atoms with E-state index in [0.29, 0.717) is 12.3 Å². The molecular formula is C12H17F3N2O2. The molecule has 0 unspecified atom stereocenters. The molecule has 1 N–H and O–H groups in total. The molecule has 108 valence electrons. The summed E-state index contributed by atoms with van der Waals surface area (Å²) in [6.45, 7) is 4.52. The van der Waals surface area contributed by atoms with E-state index in [0.717, 1.165) is 11.3 Å². The quantitative estimate of drug-likeness (QED) is 0.901. The van der Waals surface area contributed by atoms with Crippen LogP contribution in [0.15, 0.2) is 4.52 Å². The fraction of sp³-hybridized carbons (Fsp3) is 0.750. The lowest BCUT2D eigenvalue weighted by Crippen LogP contribution is -2.53. The van der Waals surface area contributed by atoms with Crippen molar-refractivity contribution in [3.05, 3.63) is 17.0 Å². The van der Waals surface area contributed by atoms with Gasteiger partial charge in [0.1, 0.15) is 5.76 Å². The van der Waals surface area contributed by atoms with Gasteiger partial charge in [-0.1, -0.05) is 5.16 Å². The number of aliphatic hydroxyl groups is 1. The zero-order chi connectivity index (χ0) is 14.3. The molecule has 4 nitrogen and oxygen atoms in total. The fourth-order valence-corrected chi connectivity index (χ4v) is 2.32. The van der Waals surface area contributed by atoms with E-state index in [4.69, 9.17) is 4.52 Å². The van der Waals surface area contributed by atoms with Crippen LogP contribution < -0.4 is 0 Å². The van der Waals surface area contributed by atoms with E-state index in [1.807, 2.05) is 11.8 Å². The Morgan fingerprint density at radius 1 is 1.32 bits per heavy atom. The molecule has 0 bridgehead atoms. The SMILES string of the molecule is Cc1noc(C)c1CN1CCC(O)(C(F)(F)F)CC1. The Hall–Kier alpha value is -1.08. The number of halogens is 3. The van der Waals surface area contributed by atoms with Gasteiger partial charge in [0, 0.05) is 25.2 Å². The van der Waals surface area contributed by atoms with Crippen LogP contribution in [0.2, 0.25) is 0 Å². The highest BCUT2D eigenvalue weighted by Gasteiger charge is 2.54. The van der Waals surface area contributed by atoms with E-state index in [9.17, 15) is 18.3 Å². The van der Waals surface area contributed by atoms with Crippen LogP contribution in [-0.4, -0.2) is 40.0 Å². The Morgan fingerprint density at radius 3 is 2.32 bits per heavy atom. The first-order valence-corrected chi connectivity index (χ1v) is 6.16. The van der Waals surface area contributed by atoms with Crippen molar-refractivity contribution < 1.29 is 22.8 Å². The van der Waals surface area contributed by atoms with Crippen LogP contribution in [0.5, 0.6) is 0 Å². The Balaban J connectivity index is 1.98. The van der Waals surface area contributed by atoms with Gasteiger partial charge in [0.25, 0.3) is 0 Å². The molecular weight excluding hydrogens is 261 g/mol. The van der Waals surface area contributed by atoms with Crippen LogP contribution in [0.4, 0.5) is 13.2 Å². The zero-order valence-corrected chi connectivity index (χ0v) is 10.9. The molecule has 2 heterocycles. The number of nitrogens with zero attached hydrogens (tertiary/aromatic N) is 2. The minimum absolute atomic E-state index is 0.208. The van der Waals surface area contributed by atoms with E-state index < -0.39 is 11.8 Å². The van der Waals surface area contributed by atoms with E-state index in [1.165, 1.54) is 0 Å². The first-order chi connectivity index (χ1) is 8.73. The third kappa shape index (κ3) is 2.76. The van der Waals surface area contributed by atoms with Crippen LogP contribution in [-0.2, 0) is 6.54 Å². The van der Waals surface area contributed by atoms with E-state index in [-0.39, 0.29) is 25.9 Å². The normalized spacial score (nSPS) is 20.7. The second-order valence-corrected chi connectivity index (χ2v) is 5.11. The standard InChI is InChI=1S/C12H17F3N2O2/c1-8-10(9(2)19-16-8)7-17-5-3-11(18,4-6-17)12(13,14)15/h18H,3-7H2,1-2H3. The molecule has 0 saturated carbocycles. The van der Waals surface area contributed by atoms with Gasteiger partial charge in [-0.2, -0.15) is 13.2 Å². The number of hydrogen-bond donors (Lipinski definition) is 1. The molecule has 0 aliphatic carbocycles. The summed E-state index contributed by atoms with van der Waals surface area (Å²) in [7, 11) is 0. The number of likely N-dealkylation sites (tertiary alicyclic amines) is 1. The summed E-state index contributed by atoms with van der Waals surface area (Å²) in [5.41, 5.74) is -0.867. The zero-order valence-electron chi connectivity index (χ0n) is 10.9. The van der Waals surface area contributed by atoms with Crippen LogP contribution in [0.1, 0.15) is 29.9 Å². The first-order valence-electron chi connectivity index (χ1n) is 6.16. The molecule has 0 radical (unpaired) electrons. The summed E-state index contributed by atoms with van der Waals surface area (Å²) in [4.78, 5) is 1.88. The molecule has 0 amide bonds. The highest BCUT2D eigenvalue weighted by molar-refractivity contribution is 5.20. The summed E-state index contributed by atoms with van der Waals surface area (Å²) >= 11 is 0. The average Bonchev–Trinajstić information content (AvgIpc) is 2.62. The molecule has 1 aliphatic rings. The van der Waals surface area contributed by atoms with E-state index >= 15 is 0 Å². The number of aryl methyl sites for hydroxylation is 2. The number of hydrogen-bond acceptors (Lipinski definition) is 4. The molecule has 0 aromatic carbocycles. The molecule has 7 heteroatoms. The van der Waals surface area contributed by atoms with E-state index in [1.54, 1.807) is 6.92 Å². The number of rotatable bonds is 2. The van der Waals surface area contributed by atoms with Gasteiger partial charge in [0.15, 0.2) is 5.60 Å². The monoisotopic (exact) mass is 278 g/mol. The molecule has 2 rings (SSSR count). The Kier molecular flexibility index (Phi) is 3.61. The fourth-order valence-electron chi connectivity index (χ4n) is 2.32. The Morgan fingerprint density at radius 2 is 1.89 bits per heavy atom. The summed E-state index contributed by atoms with van der Waals surface area (Å²) in [6.07, 6.45) is -5.14. The Labute approximate surface area is 109 Å². The van der Waals surface area contributed by atoms with Gasteiger partial charge in [-0.05, 0) is 26.7 Å². The minimum atomic E-state index is -4.55. The maximum atomic E-state index is 12.7. The van der Waals surface area contributed by atoms with Gasteiger partial charge >= 0.3 is 6.18 Å². The average molecular weight is 278 g/mol.